The minimum atomic E-state index is -1.90. The van der Waals surface area contributed by atoms with Crippen molar-refractivity contribution in [3.8, 4) is 0 Å². The van der Waals surface area contributed by atoms with E-state index in [9.17, 15) is 34.5 Å². The van der Waals surface area contributed by atoms with Crippen molar-refractivity contribution in [1.82, 2.24) is 0 Å². The van der Waals surface area contributed by atoms with Crippen LogP contribution in [0.3, 0.4) is 0 Å². The van der Waals surface area contributed by atoms with Crippen LogP contribution >= 0.6 is 0 Å². The van der Waals surface area contributed by atoms with Gasteiger partial charge in [0.15, 0.2) is 24.6 Å². The molecule has 424 valence electrons. The smallest absolute Gasteiger partial charge is 0.335 e. The highest BCUT2D eigenvalue weighted by molar-refractivity contribution is 5.74. The summed E-state index contributed by atoms with van der Waals surface area (Å²) in [6, 6.07) is 0. The molecule has 0 bridgehead atoms. The first kappa shape index (κ1) is 68.0. The molecule has 1 heterocycles. The maximum atomic E-state index is 13.1. The third-order valence-electron chi connectivity index (χ3n) is 13.7. The number of aliphatic carboxylic acids is 1. The zero-order chi connectivity index (χ0) is 53.3. The van der Waals surface area contributed by atoms with Crippen molar-refractivity contribution in [2.24, 2.45) is 0 Å². The molecule has 0 radical (unpaired) electrons. The van der Waals surface area contributed by atoms with E-state index < -0.39 is 67.3 Å². The molecule has 3 N–H and O–H groups in total. The summed E-state index contributed by atoms with van der Waals surface area (Å²) < 4.78 is 28.4. The normalized spacial score (nSPS) is 18.5. The molecule has 6 atom stereocenters. The van der Waals surface area contributed by atoms with Crippen LogP contribution < -0.4 is 0 Å². The number of carbonyl (C=O) groups is 4. The number of aliphatic hydroxyl groups is 2. The zero-order valence-corrected chi connectivity index (χ0v) is 46.6. The van der Waals surface area contributed by atoms with Gasteiger partial charge in [-0.3, -0.25) is 14.4 Å². The fourth-order valence-corrected chi connectivity index (χ4v) is 9.08. The SMILES string of the molecule is CCCCC/C=C\C/C=C\C/C=C\CCCCCCCCC(=O)OCC(COC1OC(C(=O)O)C(O)C(O)C1OC(=O)CCCCCCCCCCC)OC(=O)CCCCCCCCCCCCCCCCC. The van der Waals surface area contributed by atoms with Gasteiger partial charge in [0, 0.05) is 19.3 Å². The number of unbranched alkanes of at least 4 members (excludes halogenated alkanes) is 31. The van der Waals surface area contributed by atoms with Gasteiger partial charge in [0.25, 0.3) is 0 Å². The van der Waals surface area contributed by atoms with Gasteiger partial charge in [-0.2, -0.15) is 0 Å². The predicted molar refractivity (Wildman–Crippen MR) is 294 cm³/mol. The molecule has 12 nitrogen and oxygen atoms in total. The molecule has 1 aliphatic heterocycles. The van der Waals surface area contributed by atoms with Crippen LogP contribution in [0.1, 0.15) is 278 Å². The van der Waals surface area contributed by atoms with Gasteiger partial charge in [-0.25, -0.2) is 4.79 Å². The molecular weight excluding hydrogens is 925 g/mol. The molecule has 1 aliphatic rings. The van der Waals surface area contributed by atoms with Crippen LogP contribution in [0.4, 0.5) is 0 Å². The summed E-state index contributed by atoms with van der Waals surface area (Å²) in [6.45, 7) is 5.94. The minimum Gasteiger partial charge on any atom is -0.479 e. The summed E-state index contributed by atoms with van der Waals surface area (Å²) in [6.07, 6.45) is 45.5. The summed E-state index contributed by atoms with van der Waals surface area (Å²) in [4.78, 5) is 51.0. The number of carbonyl (C=O) groups excluding carboxylic acids is 3. The highest BCUT2D eigenvalue weighted by Crippen LogP contribution is 2.26. The Morgan fingerprint density at radius 1 is 0.452 bits per heavy atom. The highest BCUT2D eigenvalue weighted by atomic mass is 16.7. The molecular formula is C61H108O12. The van der Waals surface area contributed by atoms with Crippen molar-refractivity contribution in [2.45, 2.75) is 314 Å². The molecule has 0 saturated carbocycles. The molecule has 1 rings (SSSR count). The lowest BCUT2D eigenvalue weighted by Gasteiger charge is -2.40. The first-order valence-corrected chi connectivity index (χ1v) is 30.0. The van der Waals surface area contributed by atoms with E-state index in [4.69, 9.17) is 23.7 Å². The van der Waals surface area contributed by atoms with E-state index in [0.29, 0.717) is 19.3 Å². The van der Waals surface area contributed by atoms with E-state index in [1.54, 1.807) is 0 Å². The van der Waals surface area contributed by atoms with Crippen LogP contribution in [0.25, 0.3) is 0 Å². The van der Waals surface area contributed by atoms with Gasteiger partial charge in [0.05, 0.1) is 6.61 Å². The van der Waals surface area contributed by atoms with Crippen LogP contribution in [0.15, 0.2) is 36.5 Å². The largest absolute Gasteiger partial charge is 0.479 e. The Kier molecular flexibility index (Phi) is 46.4. The molecule has 12 heteroatoms. The fourth-order valence-electron chi connectivity index (χ4n) is 9.08. The van der Waals surface area contributed by atoms with Crippen LogP contribution in [0.5, 0.6) is 0 Å². The average Bonchev–Trinajstić information content (AvgIpc) is 3.37. The van der Waals surface area contributed by atoms with Gasteiger partial charge in [-0.15, -0.1) is 0 Å². The van der Waals surface area contributed by atoms with Crippen molar-refractivity contribution >= 4 is 23.9 Å². The van der Waals surface area contributed by atoms with E-state index in [0.717, 1.165) is 96.3 Å². The summed E-state index contributed by atoms with van der Waals surface area (Å²) in [5.41, 5.74) is 0. The summed E-state index contributed by atoms with van der Waals surface area (Å²) in [5.74, 6) is -3.11. The second-order valence-electron chi connectivity index (χ2n) is 20.6. The number of aliphatic hydroxyl groups excluding tert-OH is 2. The van der Waals surface area contributed by atoms with E-state index in [-0.39, 0.29) is 25.9 Å². The van der Waals surface area contributed by atoms with Crippen LogP contribution in [-0.4, -0.2) is 89.2 Å². The first-order chi connectivity index (χ1) is 35.6. The number of esters is 3. The lowest BCUT2D eigenvalue weighted by Crippen LogP contribution is -2.61. The maximum Gasteiger partial charge on any atom is 0.335 e. The number of allylic oxidation sites excluding steroid dienone is 6. The van der Waals surface area contributed by atoms with Gasteiger partial charge < -0.3 is 39.0 Å². The molecule has 0 aromatic carbocycles. The van der Waals surface area contributed by atoms with E-state index in [1.807, 2.05) is 0 Å². The number of carboxylic acids is 1. The Bertz CT molecular complexity index is 1410. The van der Waals surface area contributed by atoms with Crippen molar-refractivity contribution in [3.05, 3.63) is 36.5 Å². The van der Waals surface area contributed by atoms with Crippen molar-refractivity contribution in [2.75, 3.05) is 13.2 Å². The summed E-state index contributed by atoms with van der Waals surface area (Å²) in [5, 5.41) is 31.4. The topological polar surface area (TPSA) is 175 Å². The number of carboxylic acid groups (broad SMARTS) is 1. The second-order valence-corrected chi connectivity index (χ2v) is 20.6. The fraction of sp³-hybridized carbons (Fsp3) is 0.836. The number of hydrogen-bond acceptors (Lipinski definition) is 11. The Labute approximate surface area is 444 Å². The van der Waals surface area contributed by atoms with Crippen molar-refractivity contribution in [3.63, 3.8) is 0 Å². The van der Waals surface area contributed by atoms with Gasteiger partial charge in [0.1, 0.15) is 18.8 Å². The summed E-state index contributed by atoms with van der Waals surface area (Å²) in [7, 11) is 0. The van der Waals surface area contributed by atoms with Crippen LogP contribution in [0, 0.1) is 0 Å². The third-order valence-corrected chi connectivity index (χ3v) is 13.7. The van der Waals surface area contributed by atoms with Crippen LogP contribution in [0.2, 0.25) is 0 Å². The Balaban J connectivity index is 2.65. The third kappa shape index (κ3) is 39.9. The first-order valence-electron chi connectivity index (χ1n) is 30.0. The molecule has 0 spiro atoms. The summed E-state index contributed by atoms with van der Waals surface area (Å²) >= 11 is 0. The van der Waals surface area contributed by atoms with E-state index in [2.05, 4.69) is 57.2 Å². The molecule has 73 heavy (non-hydrogen) atoms. The van der Waals surface area contributed by atoms with Gasteiger partial charge >= 0.3 is 23.9 Å². The molecule has 0 aliphatic carbocycles. The molecule has 6 unspecified atom stereocenters. The lowest BCUT2D eigenvalue weighted by molar-refractivity contribution is -0.301. The quantitative estimate of drug-likeness (QED) is 0.0228. The van der Waals surface area contributed by atoms with Crippen molar-refractivity contribution in [1.29, 1.82) is 0 Å². The van der Waals surface area contributed by atoms with Gasteiger partial charge in [-0.05, 0) is 57.8 Å². The molecule has 1 saturated heterocycles. The average molecular weight is 1030 g/mol. The second kappa shape index (κ2) is 49.8. The standard InChI is InChI=1S/C61H108O12/c1-4-7-10-13-16-19-21-23-25-26-27-28-30-31-33-36-38-41-44-47-53(62)69-50-52(71-54(63)48-45-42-40-37-34-32-29-24-22-20-17-14-11-8-5-2)51-70-61-59(57(66)56(65)58(73-61)60(67)68)72-55(64)49-46-43-39-35-18-15-12-9-6-3/h16,19,23,25,27-28,52,56-59,61,65-66H,4-15,17-18,20-22,24,26,29-51H2,1-3H3,(H,67,68)/b19-16-,25-23-,28-27-. The Morgan fingerprint density at radius 2 is 0.822 bits per heavy atom. The number of rotatable bonds is 51. The van der Waals surface area contributed by atoms with Gasteiger partial charge in [0.2, 0.25) is 0 Å². The van der Waals surface area contributed by atoms with Crippen molar-refractivity contribution < 1.29 is 58.2 Å². The number of ether oxygens (including phenoxy) is 5. The maximum absolute atomic E-state index is 13.1. The van der Waals surface area contributed by atoms with Crippen LogP contribution in [-0.2, 0) is 42.9 Å². The molecule has 0 aromatic heterocycles. The van der Waals surface area contributed by atoms with E-state index in [1.165, 1.54) is 122 Å². The Morgan fingerprint density at radius 3 is 1.27 bits per heavy atom. The number of hydrogen-bond donors (Lipinski definition) is 3. The highest BCUT2D eigenvalue weighted by Gasteiger charge is 2.50. The molecule has 0 amide bonds. The minimum absolute atomic E-state index is 0.0631. The monoisotopic (exact) mass is 1030 g/mol. The Hall–Kier alpha value is -3.06. The van der Waals surface area contributed by atoms with E-state index >= 15 is 0 Å². The zero-order valence-electron chi connectivity index (χ0n) is 46.6. The molecule has 0 aromatic rings. The lowest BCUT2D eigenvalue weighted by atomic mass is 9.98. The van der Waals surface area contributed by atoms with Gasteiger partial charge in [-0.1, -0.05) is 237 Å². The predicted octanol–water partition coefficient (Wildman–Crippen LogP) is 15.2. The molecule has 1 fully saturated rings.